The van der Waals surface area contributed by atoms with Crippen LogP contribution in [0.25, 0.3) is 0 Å². The molecular weight excluding hydrogens is 234 g/mol. The van der Waals surface area contributed by atoms with Crippen LogP contribution < -0.4 is 10.2 Å². The van der Waals surface area contributed by atoms with E-state index in [2.05, 4.69) is 15.2 Å². The van der Waals surface area contributed by atoms with E-state index in [9.17, 15) is 0 Å². The van der Waals surface area contributed by atoms with Crippen LogP contribution in [0.15, 0.2) is 18.3 Å². The molecule has 3 nitrogen and oxygen atoms in total. The molecule has 0 radical (unpaired) electrons. The van der Waals surface area contributed by atoms with Crippen molar-refractivity contribution in [2.45, 2.75) is 19.3 Å². The number of nitrogens with one attached hydrogen (secondary N) is 1. The normalized spacial score (nSPS) is 28.9. The Morgan fingerprint density at radius 3 is 3.12 bits per heavy atom. The molecule has 1 N–H and O–H groups in total. The van der Waals surface area contributed by atoms with Crippen LogP contribution in [-0.2, 0) is 0 Å². The Morgan fingerprint density at radius 2 is 2.35 bits per heavy atom. The van der Waals surface area contributed by atoms with Crippen LogP contribution in [0.1, 0.15) is 19.3 Å². The maximum atomic E-state index is 6.21. The third-order valence-electron chi connectivity index (χ3n) is 4.04. The fourth-order valence-corrected chi connectivity index (χ4v) is 3.35. The summed E-state index contributed by atoms with van der Waals surface area (Å²) in [5.41, 5.74) is 0.457. The summed E-state index contributed by atoms with van der Waals surface area (Å²) in [7, 11) is 0. The summed E-state index contributed by atoms with van der Waals surface area (Å²) in [5.74, 6) is 0.955. The average Bonchev–Trinajstić information content (AvgIpc) is 2.74. The van der Waals surface area contributed by atoms with Crippen molar-refractivity contribution >= 4 is 17.4 Å². The van der Waals surface area contributed by atoms with E-state index in [1.165, 1.54) is 25.8 Å². The van der Waals surface area contributed by atoms with E-state index in [4.69, 9.17) is 11.6 Å². The average molecular weight is 252 g/mol. The number of hydrogen-bond donors (Lipinski definition) is 1. The minimum atomic E-state index is 0.457. The quantitative estimate of drug-likeness (QED) is 0.830. The van der Waals surface area contributed by atoms with Crippen LogP contribution >= 0.6 is 11.6 Å². The van der Waals surface area contributed by atoms with Gasteiger partial charge in [0.1, 0.15) is 5.82 Å². The van der Waals surface area contributed by atoms with Gasteiger partial charge in [0.15, 0.2) is 0 Å². The minimum Gasteiger partial charge on any atom is -0.355 e. The number of halogens is 1. The number of pyridine rings is 1. The van der Waals surface area contributed by atoms with E-state index in [0.29, 0.717) is 5.41 Å². The van der Waals surface area contributed by atoms with Gasteiger partial charge in [0.25, 0.3) is 0 Å². The van der Waals surface area contributed by atoms with Crippen molar-refractivity contribution in [1.82, 2.24) is 10.3 Å². The Labute approximate surface area is 107 Å². The van der Waals surface area contributed by atoms with E-state index in [1.807, 2.05) is 18.3 Å². The molecule has 2 saturated heterocycles. The smallest absolute Gasteiger partial charge is 0.147 e. The van der Waals surface area contributed by atoms with Crippen molar-refractivity contribution < 1.29 is 0 Å². The largest absolute Gasteiger partial charge is 0.355 e. The summed E-state index contributed by atoms with van der Waals surface area (Å²) in [5, 5.41) is 4.30. The Hall–Kier alpha value is -0.800. The molecule has 2 fully saturated rings. The maximum absolute atomic E-state index is 6.21. The fourth-order valence-electron chi connectivity index (χ4n) is 3.10. The third kappa shape index (κ3) is 2.14. The molecule has 2 aliphatic heterocycles. The van der Waals surface area contributed by atoms with Gasteiger partial charge in [-0.2, -0.15) is 0 Å². The summed E-state index contributed by atoms with van der Waals surface area (Å²) >= 11 is 6.21. The summed E-state index contributed by atoms with van der Waals surface area (Å²) in [4.78, 5) is 6.75. The molecule has 1 atom stereocenters. The standard InChI is InChI=1S/C13H18ClN3/c14-11-3-1-7-16-12(11)17-8-5-13(10-17)4-2-6-15-9-13/h1,3,7,15H,2,4-6,8-10H2/t13-/m1/s1. The highest BCUT2D eigenvalue weighted by atomic mass is 35.5. The van der Waals surface area contributed by atoms with E-state index < -0.39 is 0 Å². The molecule has 17 heavy (non-hydrogen) atoms. The Bertz CT molecular complexity index is 401. The van der Waals surface area contributed by atoms with E-state index >= 15 is 0 Å². The fraction of sp³-hybridized carbons (Fsp3) is 0.615. The lowest BCUT2D eigenvalue weighted by molar-refractivity contribution is 0.239. The second-order valence-electron chi connectivity index (χ2n) is 5.26. The van der Waals surface area contributed by atoms with Crippen molar-refractivity contribution in [3.05, 3.63) is 23.4 Å². The van der Waals surface area contributed by atoms with Crippen LogP contribution in [0, 0.1) is 5.41 Å². The lowest BCUT2D eigenvalue weighted by Gasteiger charge is -2.34. The molecule has 0 bridgehead atoms. The van der Waals surface area contributed by atoms with Crippen LogP contribution in [-0.4, -0.2) is 31.2 Å². The lowest BCUT2D eigenvalue weighted by Crippen LogP contribution is -2.42. The van der Waals surface area contributed by atoms with Gasteiger partial charge >= 0.3 is 0 Å². The van der Waals surface area contributed by atoms with Gasteiger partial charge in [0, 0.05) is 31.2 Å². The van der Waals surface area contributed by atoms with Crippen LogP contribution in [0.4, 0.5) is 5.82 Å². The highest BCUT2D eigenvalue weighted by molar-refractivity contribution is 6.32. The topological polar surface area (TPSA) is 28.2 Å². The predicted molar refractivity (Wildman–Crippen MR) is 70.6 cm³/mol. The molecule has 1 aromatic heterocycles. The van der Waals surface area contributed by atoms with Crippen molar-refractivity contribution in [2.75, 3.05) is 31.1 Å². The molecule has 2 aliphatic rings. The number of rotatable bonds is 1. The molecule has 3 rings (SSSR count). The van der Waals surface area contributed by atoms with Gasteiger partial charge in [0.2, 0.25) is 0 Å². The second kappa shape index (κ2) is 4.46. The molecule has 0 amide bonds. The molecule has 1 spiro atoms. The first-order chi connectivity index (χ1) is 8.29. The van der Waals surface area contributed by atoms with Gasteiger partial charge in [-0.25, -0.2) is 4.98 Å². The highest BCUT2D eigenvalue weighted by Gasteiger charge is 2.39. The molecule has 92 valence electrons. The minimum absolute atomic E-state index is 0.457. The van der Waals surface area contributed by atoms with E-state index in [1.54, 1.807) is 0 Å². The Balaban J connectivity index is 1.77. The maximum Gasteiger partial charge on any atom is 0.147 e. The molecule has 4 heteroatoms. The first-order valence-corrected chi connectivity index (χ1v) is 6.73. The zero-order valence-electron chi connectivity index (χ0n) is 9.95. The zero-order valence-corrected chi connectivity index (χ0v) is 10.7. The lowest BCUT2D eigenvalue weighted by atomic mass is 9.80. The first kappa shape index (κ1) is 11.3. The van der Waals surface area contributed by atoms with Gasteiger partial charge in [-0.3, -0.25) is 0 Å². The van der Waals surface area contributed by atoms with Gasteiger partial charge in [-0.15, -0.1) is 0 Å². The van der Waals surface area contributed by atoms with Crippen molar-refractivity contribution in [1.29, 1.82) is 0 Å². The number of anilines is 1. The monoisotopic (exact) mass is 251 g/mol. The van der Waals surface area contributed by atoms with E-state index in [0.717, 1.165) is 30.5 Å². The number of nitrogens with zero attached hydrogens (tertiary/aromatic N) is 2. The highest BCUT2D eigenvalue weighted by Crippen LogP contribution is 2.39. The first-order valence-electron chi connectivity index (χ1n) is 6.35. The van der Waals surface area contributed by atoms with Gasteiger partial charge in [-0.1, -0.05) is 11.6 Å². The Kier molecular flexibility index (Phi) is 2.97. The van der Waals surface area contributed by atoms with Crippen molar-refractivity contribution in [2.24, 2.45) is 5.41 Å². The SMILES string of the molecule is Clc1cccnc1N1CC[C@@]2(CCCNC2)C1. The molecule has 0 unspecified atom stereocenters. The second-order valence-corrected chi connectivity index (χ2v) is 5.67. The van der Waals surface area contributed by atoms with Crippen LogP contribution in [0.5, 0.6) is 0 Å². The molecule has 0 aromatic carbocycles. The van der Waals surface area contributed by atoms with Crippen molar-refractivity contribution in [3.8, 4) is 0 Å². The molecule has 0 saturated carbocycles. The van der Waals surface area contributed by atoms with E-state index in [-0.39, 0.29) is 0 Å². The van der Waals surface area contributed by atoms with Crippen LogP contribution in [0.2, 0.25) is 5.02 Å². The summed E-state index contributed by atoms with van der Waals surface area (Å²) in [6, 6.07) is 3.81. The van der Waals surface area contributed by atoms with Gasteiger partial charge in [0.05, 0.1) is 5.02 Å². The number of aromatic nitrogens is 1. The molecule has 0 aliphatic carbocycles. The zero-order chi connectivity index (χ0) is 11.7. The molecular formula is C13H18ClN3. The number of piperidine rings is 1. The van der Waals surface area contributed by atoms with Gasteiger partial charge in [-0.05, 0) is 37.9 Å². The predicted octanol–water partition coefficient (Wildman–Crippen LogP) is 2.31. The van der Waals surface area contributed by atoms with Crippen LogP contribution in [0.3, 0.4) is 0 Å². The summed E-state index contributed by atoms with van der Waals surface area (Å²) < 4.78 is 0. The summed E-state index contributed by atoms with van der Waals surface area (Å²) in [6.07, 6.45) is 5.71. The third-order valence-corrected chi connectivity index (χ3v) is 4.33. The molecule has 1 aromatic rings. The number of hydrogen-bond acceptors (Lipinski definition) is 3. The van der Waals surface area contributed by atoms with Gasteiger partial charge < -0.3 is 10.2 Å². The Morgan fingerprint density at radius 1 is 1.41 bits per heavy atom. The summed E-state index contributed by atoms with van der Waals surface area (Å²) in [6.45, 7) is 4.50. The van der Waals surface area contributed by atoms with Crippen molar-refractivity contribution in [3.63, 3.8) is 0 Å². The molecule has 3 heterocycles.